The number of hydrogen-bond donors (Lipinski definition) is 0. The van der Waals surface area contributed by atoms with Gasteiger partial charge in [0.15, 0.2) is 0 Å². The topological polar surface area (TPSA) is 40.6 Å². The zero-order valence-electron chi connectivity index (χ0n) is 20.1. The maximum absolute atomic E-state index is 13.6. The van der Waals surface area contributed by atoms with Crippen LogP contribution in [0.3, 0.4) is 0 Å². The van der Waals surface area contributed by atoms with Crippen molar-refractivity contribution in [3.05, 3.63) is 71.8 Å². The number of carbonyl (C=O) groups is 2. The quantitative estimate of drug-likeness (QED) is 0.266. The summed E-state index contributed by atoms with van der Waals surface area (Å²) < 4.78 is 3.29. The minimum atomic E-state index is -4.64. The van der Waals surface area contributed by atoms with Gasteiger partial charge in [-0.05, 0) is 0 Å². The molecule has 2 rings (SSSR count). The van der Waals surface area contributed by atoms with Crippen LogP contribution in [0.25, 0.3) is 0 Å². The third-order valence-corrected chi connectivity index (χ3v) is 15.6. The summed E-state index contributed by atoms with van der Waals surface area (Å²) in [5.41, 5.74) is 1.08. The summed E-state index contributed by atoms with van der Waals surface area (Å²) in [7, 11) is 14.3. The van der Waals surface area contributed by atoms with E-state index in [0.717, 1.165) is 25.7 Å². The van der Waals surface area contributed by atoms with E-state index in [1.54, 1.807) is 30.0 Å². The third-order valence-electron chi connectivity index (χ3n) is 5.51. The fourth-order valence-electron chi connectivity index (χ4n) is 3.65. The molecule has 0 aromatic heterocycles. The predicted molar refractivity (Wildman–Crippen MR) is 135 cm³/mol. The second-order valence-electron chi connectivity index (χ2n) is 9.23. The Morgan fingerprint density at radius 3 is 1.33 bits per heavy atom. The van der Waals surface area contributed by atoms with E-state index in [0.29, 0.717) is 36.1 Å². The molecule has 0 N–H and O–H groups in total. The Hall–Kier alpha value is -1.16. The Morgan fingerprint density at radius 2 is 1.03 bits per heavy atom. The van der Waals surface area contributed by atoms with Crippen molar-refractivity contribution in [3.63, 3.8) is 0 Å². The molecule has 0 aliphatic rings. The van der Waals surface area contributed by atoms with Crippen molar-refractivity contribution >= 4 is 28.8 Å². The zero-order chi connectivity index (χ0) is 24.4. The van der Waals surface area contributed by atoms with E-state index >= 15 is 0 Å². The van der Waals surface area contributed by atoms with Gasteiger partial charge in [0.05, 0.1) is 0 Å². The molecule has 33 heavy (non-hydrogen) atoms. The van der Waals surface area contributed by atoms with Gasteiger partial charge in [0, 0.05) is 0 Å². The van der Waals surface area contributed by atoms with E-state index in [-0.39, 0.29) is 11.8 Å². The summed E-state index contributed by atoms with van der Waals surface area (Å²) in [6, 6.07) is 18.1. The molecular weight excluding hydrogens is 534 g/mol. The molecule has 0 spiro atoms. The molecule has 0 saturated heterocycles. The van der Waals surface area contributed by atoms with Gasteiger partial charge in [0.25, 0.3) is 0 Å². The second-order valence-corrected chi connectivity index (χ2v) is 21.8. The molecule has 180 valence electrons. The van der Waals surface area contributed by atoms with Gasteiger partial charge in [-0.25, -0.2) is 0 Å². The third kappa shape index (κ3) is 8.53. The molecule has 0 unspecified atom stereocenters. The molecule has 0 bridgehead atoms. The summed E-state index contributed by atoms with van der Waals surface area (Å²) in [6.07, 6.45) is 3.48. The Labute approximate surface area is 211 Å². The van der Waals surface area contributed by atoms with Crippen molar-refractivity contribution in [2.45, 2.75) is 53.4 Å². The van der Waals surface area contributed by atoms with Gasteiger partial charge in [0.2, 0.25) is 0 Å². The average Bonchev–Trinajstić information content (AvgIpc) is 2.79. The summed E-state index contributed by atoms with van der Waals surface area (Å²) in [6.45, 7) is 9.49. The summed E-state index contributed by atoms with van der Waals surface area (Å²) in [4.78, 5) is 27.2. The van der Waals surface area contributed by atoms with Crippen LogP contribution < -0.4 is 0 Å². The number of benzene rings is 2. The number of carbonyl (C=O) groups excluding carboxylic acids is 2. The molecular formula is C26H36Cl2N2O2Zr. The fourth-order valence-corrected chi connectivity index (χ4v) is 12.1. The van der Waals surface area contributed by atoms with Crippen molar-refractivity contribution in [1.29, 1.82) is 0 Å². The number of nitrogens with zero attached hydrogens (tertiary/aromatic N) is 2. The van der Waals surface area contributed by atoms with E-state index in [1.165, 1.54) is 0 Å². The van der Waals surface area contributed by atoms with Crippen LogP contribution >= 0.6 is 17.0 Å². The summed E-state index contributed by atoms with van der Waals surface area (Å²) in [5, 5.41) is 0. The first kappa shape index (κ1) is 28.1. The number of hydrogen-bond acceptors (Lipinski definition) is 2. The van der Waals surface area contributed by atoms with Crippen LogP contribution in [-0.2, 0) is 18.5 Å². The van der Waals surface area contributed by atoms with Crippen LogP contribution in [0.1, 0.15) is 74.1 Å². The average molecular weight is 571 g/mol. The van der Waals surface area contributed by atoms with Gasteiger partial charge < -0.3 is 0 Å². The standard InChI is InChI=1S/2C13H19NO.2ClH.Zr/c2*1-11(2)7-6-10-14-13(15)12-8-4-3-5-9-12;;;/h2*3-5,8-9,11H,6-7,10H2,1-2H3,(H,14,15);2*1H;/q;;;;+4/p-4. The number of halogens is 2. The van der Waals surface area contributed by atoms with Crippen molar-refractivity contribution in [2.75, 3.05) is 13.1 Å². The van der Waals surface area contributed by atoms with Crippen LogP contribution in [-0.4, -0.2) is 30.6 Å². The Balaban J connectivity index is 2.41. The van der Waals surface area contributed by atoms with Gasteiger partial charge in [-0.2, -0.15) is 0 Å². The zero-order valence-corrected chi connectivity index (χ0v) is 24.1. The van der Waals surface area contributed by atoms with Gasteiger partial charge in [0.1, 0.15) is 0 Å². The van der Waals surface area contributed by atoms with Crippen molar-refractivity contribution in [3.8, 4) is 0 Å². The molecule has 0 aliphatic carbocycles. The number of amides is 2. The van der Waals surface area contributed by atoms with E-state index in [4.69, 9.17) is 17.0 Å². The first-order chi connectivity index (χ1) is 15.6. The SMILES string of the molecule is CC(C)CCC[N](C(=O)c1ccccc1)[Zr]([Cl])([Cl])[N](CCCC(C)C)C(=O)c1ccccc1. The first-order valence-corrected chi connectivity index (χ1v) is 20.3. The summed E-state index contributed by atoms with van der Waals surface area (Å²) in [5.74, 6) is 0.605. The van der Waals surface area contributed by atoms with Crippen LogP contribution in [0, 0.1) is 11.8 Å². The molecule has 0 heterocycles. The van der Waals surface area contributed by atoms with Crippen molar-refractivity contribution < 1.29 is 28.0 Å². The van der Waals surface area contributed by atoms with E-state index in [9.17, 15) is 9.59 Å². The van der Waals surface area contributed by atoms with Gasteiger partial charge >= 0.3 is 213 Å². The van der Waals surface area contributed by atoms with Gasteiger partial charge in [-0.1, -0.05) is 0 Å². The minimum absolute atomic E-state index is 0.199. The number of rotatable bonds is 12. The first-order valence-electron chi connectivity index (χ1n) is 11.8. The molecule has 0 fully saturated rings. The fraction of sp³-hybridized carbons (Fsp3) is 0.462. The molecule has 0 saturated carbocycles. The van der Waals surface area contributed by atoms with Crippen LogP contribution in [0.4, 0.5) is 0 Å². The van der Waals surface area contributed by atoms with Crippen LogP contribution in [0.2, 0.25) is 0 Å². The monoisotopic (exact) mass is 568 g/mol. The molecule has 0 radical (unpaired) electrons. The molecule has 2 amide bonds. The Kier molecular flexibility index (Phi) is 11.6. The second kappa shape index (κ2) is 13.7. The van der Waals surface area contributed by atoms with Crippen LogP contribution in [0.5, 0.6) is 0 Å². The summed E-state index contributed by atoms with van der Waals surface area (Å²) >= 11 is -4.64. The normalized spacial score (nSPS) is 11.6. The van der Waals surface area contributed by atoms with E-state index in [1.807, 2.05) is 36.4 Å². The molecule has 2 aromatic carbocycles. The molecule has 0 aliphatic heterocycles. The van der Waals surface area contributed by atoms with E-state index in [2.05, 4.69) is 27.7 Å². The van der Waals surface area contributed by atoms with Crippen molar-refractivity contribution in [1.82, 2.24) is 5.69 Å². The molecule has 7 heteroatoms. The molecule has 4 nitrogen and oxygen atoms in total. The molecule has 2 aromatic rings. The Bertz CT molecular complexity index is 805. The maximum atomic E-state index is 13.6. The van der Waals surface area contributed by atoms with Gasteiger partial charge in [-0.15, -0.1) is 0 Å². The van der Waals surface area contributed by atoms with Gasteiger partial charge in [-0.3, -0.25) is 0 Å². The van der Waals surface area contributed by atoms with E-state index < -0.39 is 18.5 Å². The molecule has 0 atom stereocenters. The Morgan fingerprint density at radius 1 is 0.697 bits per heavy atom. The van der Waals surface area contributed by atoms with Crippen LogP contribution in [0.15, 0.2) is 60.7 Å². The van der Waals surface area contributed by atoms with Crippen molar-refractivity contribution in [2.24, 2.45) is 11.8 Å². The predicted octanol–water partition coefficient (Wildman–Crippen LogP) is 7.44.